The second-order valence-electron chi connectivity index (χ2n) is 9.04. The minimum Gasteiger partial charge on any atom is -0.472 e. The first kappa shape index (κ1) is 20.5. The van der Waals surface area contributed by atoms with E-state index in [0.717, 1.165) is 18.0 Å². The number of carbonyl (C=O) groups is 1. The minimum absolute atomic E-state index is 0. The average Bonchev–Trinajstić information content (AvgIpc) is 3.23. The van der Waals surface area contributed by atoms with Crippen molar-refractivity contribution in [1.82, 2.24) is 4.90 Å². The summed E-state index contributed by atoms with van der Waals surface area (Å²) in [5.74, 6) is 1.01. The number of likely N-dealkylation sites (tertiary alicyclic amines) is 1. The molecule has 1 spiro atoms. The van der Waals surface area contributed by atoms with Crippen LogP contribution in [-0.2, 0) is 0 Å². The van der Waals surface area contributed by atoms with Crippen molar-refractivity contribution in [3.05, 3.63) is 54.5 Å². The molecule has 2 saturated carbocycles. The monoisotopic (exact) mass is 414 g/mol. The number of anilines is 1. The van der Waals surface area contributed by atoms with Gasteiger partial charge in [0.2, 0.25) is 0 Å². The summed E-state index contributed by atoms with van der Waals surface area (Å²) < 4.78 is 5.20. The Morgan fingerprint density at radius 3 is 2.38 bits per heavy atom. The van der Waals surface area contributed by atoms with Crippen molar-refractivity contribution in [2.45, 2.75) is 51.0 Å². The maximum Gasteiger partial charge on any atom is 0.261 e. The van der Waals surface area contributed by atoms with Crippen LogP contribution < -0.4 is 4.90 Å². The normalized spacial score (nSPS) is 23.7. The van der Waals surface area contributed by atoms with Gasteiger partial charge < -0.3 is 14.2 Å². The highest BCUT2D eigenvalue weighted by molar-refractivity contribution is 6.06. The number of para-hydroxylation sites is 1. The molecule has 2 heterocycles. The molecule has 0 radical (unpaired) electrons. The van der Waals surface area contributed by atoms with E-state index >= 15 is 0 Å². The topological polar surface area (TPSA) is 36.7 Å². The van der Waals surface area contributed by atoms with Crippen LogP contribution in [0.25, 0.3) is 0 Å². The van der Waals surface area contributed by atoms with Crippen molar-refractivity contribution in [3.8, 4) is 0 Å². The van der Waals surface area contributed by atoms with Crippen molar-refractivity contribution >= 4 is 24.0 Å². The molecular formula is C24H31ClN2O2. The third kappa shape index (κ3) is 3.85. The van der Waals surface area contributed by atoms with Crippen LogP contribution in [0, 0.1) is 11.3 Å². The smallest absolute Gasteiger partial charge is 0.261 e. The molecule has 0 bridgehead atoms. The van der Waals surface area contributed by atoms with E-state index in [1.54, 1.807) is 18.6 Å². The molecule has 29 heavy (non-hydrogen) atoms. The Morgan fingerprint density at radius 1 is 1.07 bits per heavy atom. The van der Waals surface area contributed by atoms with Gasteiger partial charge in [-0.25, -0.2) is 0 Å². The first-order valence-corrected chi connectivity index (χ1v) is 10.9. The first-order valence-electron chi connectivity index (χ1n) is 10.9. The molecule has 1 unspecified atom stereocenters. The van der Waals surface area contributed by atoms with Gasteiger partial charge in [-0.1, -0.05) is 24.6 Å². The van der Waals surface area contributed by atoms with Crippen LogP contribution >= 0.6 is 12.4 Å². The Bertz CT molecular complexity index is 796. The Labute approximate surface area is 179 Å². The van der Waals surface area contributed by atoms with E-state index in [4.69, 9.17) is 4.42 Å². The van der Waals surface area contributed by atoms with E-state index in [9.17, 15) is 4.79 Å². The number of furan rings is 1. The van der Waals surface area contributed by atoms with Gasteiger partial charge in [-0.15, -0.1) is 12.4 Å². The van der Waals surface area contributed by atoms with Gasteiger partial charge in [-0.05, 0) is 81.1 Å². The molecule has 5 heteroatoms. The number of rotatable bonds is 5. The van der Waals surface area contributed by atoms with Crippen LogP contribution in [0.3, 0.4) is 0 Å². The summed E-state index contributed by atoms with van der Waals surface area (Å²) in [5, 5.41) is 0. The van der Waals surface area contributed by atoms with Gasteiger partial charge in [0.05, 0.1) is 11.8 Å². The Kier molecular flexibility index (Phi) is 6.03. The van der Waals surface area contributed by atoms with Crippen LogP contribution in [0.15, 0.2) is 53.3 Å². The zero-order chi connectivity index (χ0) is 19.0. The number of piperidine rings is 1. The molecule has 4 nitrogen and oxygen atoms in total. The van der Waals surface area contributed by atoms with Gasteiger partial charge in [-0.3, -0.25) is 4.79 Å². The number of halogens is 1. The molecule has 1 aliphatic heterocycles. The number of hydrogen-bond acceptors (Lipinski definition) is 3. The molecule has 156 valence electrons. The minimum atomic E-state index is 0. The largest absolute Gasteiger partial charge is 0.472 e. The second kappa shape index (κ2) is 8.53. The lowest BCUT2D eigenvalue weighted by Gasteiger charge is -2.57. The predicted molar refractivity (Wildman–Crippen MR) is 118 cm³/mol. The van der Waals surface area contributed by atoms with Crippen molar-refractivity contribution in [2.75, 3.05) is 24.5 Å². The predicted octanol–water partition coefficient (Wildman–Crippen LogP) is 5.39. The zero-order valence-corrected chi connectivity index (χ0v) is 17.8. The third-order valence-corrected chi connectivity index (χ3v) is 7.55. The van der Waals surface area contributed by atoms with Gasteiger partial charge >= 0.3 is 0 Å². The summed E-state index contributed by atoms with van der Waals surface area (Å²) in [6.07, 6.45) is 12.2. The van der Waals surface area contributed by atoms with E-state index in [2.05, 4.69) is 21.9 Å². The molecule has 2 aliphatic carbocycles. The maximum atomic E-state index is 13.4. The average molecular weight is 415 g/mol. The lowest BCUT2D eigenvalue weighted by Crippen LogP contribution is -2.61. The summed E-state index contributed by atoms with van der Waals surface area (Å²) in [6, 6.07) is 12.3. The third-order valence-electron chi connectivity index (χ3n) is 7.55. The van der Waals surface area contributed by atoms with E-state index < -0.39 is 0 Å². The molecule has 3 fully saturated rings. The lowest BCUT2D eigenvalue weighted by molar-refractivity contribution is -0.00105. The Balaban J connectivity index is 0.00000205. The lowest BCUT2D eigenvalue weighted by atomic mass is 9.58. The highest BCUT2D eigenvalue weighted by atomic mass is 35.5. The number of hydrogen-bond donors (Lipinski definition) is 0. The molecule has 1 atom stereocenters. The summed E-state index contributed by atoms with van der Waals surface area (Å²) >= 11 is 0. The number of amides is 1. The Hall–Kier alpha value is -1.78. The molecule has 2 aromatic rings. The van der Waals surface area contributed by atoms with Gasteiger partial charge in [-0.2, -0.15) is 0 Å². The van der Waals surface area contributed by atoms with Crippen LogP contribution in [0.5, 0.6) is 0 Å². The molecular weight excluding hydrogens is 384 g/mol. The standard InChI is InChI=1S/C24H30N2O2.ClH/c27-23(20-10-16-28-18-20)26(21-7-2-1-3-8-21)22-9-11-24(22)12-14-25(15-13-24)17-19-5-4-6-19;/h1-3,7-8,10,16,18-19,22H,4-6,9,11-15,17H2;1H. The molecule has 1 aromatic carbocycles. The second-order valence-corrected chi connectivity index (χ2v) is 9.04. The maximum absolute atomic E-state index is 13.4. The SMILES string of the molecule is Cl.O=C(c1ccoc1)N(c1ccccc1)C1CCC12CCN(CC1CCC1)CC2. The van der Waals surface area contributed by atoms with Crippen LogP contribution in [0.1, 0.15) is 55.3 Å². The van der Waals surface area contributed by atoms with Gasteiger partial charge in [0.1, 0.15) is 6.26 Å². The number of nitrogens with zero attached hydrogens (tertiary/aromatic N) is 2. The molecule has 1 amide bonds. The fraction of sp³-hybridized carbons (Fsp3) is 0.542. The quantitative estimate of drug-likeness (QED) is 0.657. The first-order chi connectivity index (χ1) is 13.8. The summed E-state index contributed by atoms with van der Waals surface area (Å²) in [7, 11) is 0. The summed E-state index contributed by atoms with van der Waals surface area (Å²) in [5.41, 5.74) is 1.94. The molecule has 1 aromatic heterocycles. The van der Waals surface area contributed by atoms with Crippen molar-refractivity contribution in [3.63, 3.8) is 0 Å². The van der Waals surface area contributed by atoms with Crippen molar-refractivity contribution in [1.29, 1.82) is 0 Å². The van der Waals surface area contributed by atoms with Crippen LogP contribution in [-0.4, -0.2) is 36.5 Å². The van der Waals surface area contributed by atoms with Gasteiger partial charge in [0.25, 0.3) is 5.91 Å². The highest BCUT2D eigenvalue weighted by Crippen LogP contribution is 2.53. The van der Waals surface area contributed by atoms with Crippen LogP contribution in [0.4, 0.5) is 5.69 Å². The zero-order valence-electron chi connectivity index (χ0n) is 17.0. The van der Waals surface area contributed by atoms with E-state index in [1.807, 2.05) is 18.2 Å². The Morgan fingerprint density at radius 2 is 1.83 bits per heavy atom. The summed E-state index contributed by atoms with van der Waals surface area (Å²) in [4.78, 5) is 18.1. The summed E-state index contributed by atoms with van der Waals surface area (Å²) in [6.45, 7) is 3.67. The molecule has 3 aliphatic rings. The van der Waals surface area contributed by atoms with Crippen LogP contribution in [0.2, 0.25) is 0 Å². The van der Waals surface area contributed by atoms with Gasteiger partial charge in [0, 0.05) is 18.3 Å². The number of carbonyl (C=O) groups excluding carboxylic acids is 1. The van der Waals surface area contributed by atoms with Crippen molar-refractivity contribution < 1.29 is 9.21 Å². The van der Waals surface area contributed by atoms with E-state index in [-0.39, 0.29) is 23.7 Å². The van der Waals surface area contributed by atoms with E-state index in [1.165, 1.54) is 58.2 Å². The molecule has 0 N–H and O–H groups in total. The molecule has 1 saturated heterocycles. The van der Waals surface area contributed by atoms with Crippen molar-refractivity contribution in [2.24, 2.45) is 11.3 Å². The fourth-order valence-corrected chi connectivity index (χ4v) is 5.44. The number of benzene rings is 1. The fourth-order valence-electron chi connectivity index (χ4n) is 5.44. The van der Waals surface area contributed by atoms with E-state index in [0.29, 0.717) is 11.6 Å². The molecule has 5 rings (SSSR count). The van der Waals surface area contributed by atoms with Gasteiger partial charge in [0.15, 0.2) is 0 Å². The highest BCUT2D eigenvalue weighted by Gasteiger charge is 2.52.